The molecule has 9 heavy (non-hydrogen) atoms. The summed E-state index contributed by atoms with van der Waals surface area (Å²) >= 11 is 5.60. The van der Waals surface area contributed by atoms with Crippen molar-refractivity contribution in [2.75, 3.05) is 12.5 Å². The first-order valence-corrected chi connectivity index (χ1v) is 3.86. The molecule has 0 aromatic rings. The van der Waals surface area contributed by atoms with Crippen LogP contribution in [-0.4, -0.2) is 18.1 Å². The summed E-state index contributed by atoms with van der Waals surface area (Å²) in [4.78, 5) is 0. The van der Waals surface area contributed by atoms with Gasteiger partial charge in [-0.25, -0.2) is 0 Å². The van der Waals surface area contributed by atoms with Gasteiger partial charge in [-0.1, -0.05) is 6.92 Å². The van der Waals surface area contributed by atoms with Crippen LogP contribution in [0.1, 0.15) is 27.2 Å². The Labute approximate surface area is 62.3 Å². The normalized spacial score (nSPS) is 12.0. The maximum Gasteiger partial charge on any atom is 0.0761 e. The van der Waals surface area contributed by atoms with E-state index >= 15 is 0 Å². The molecule has 0 aromatic heterocycles. The Bertz CT molecular complexity index is 71.3. The molecule has 0 aliphatic heterocycles. The molecule has 0 rings (SSSR count). The Morgan fingerprint density at radius 3 is 2.33 bits per heavy atom. The molecular weight excluding hydrogens is 136 g/mol. The predicted octanol–water partition coefficient (Wildman–Crippen LogP) is 2.43. The minimum atomic E-state index is -0.141. The Morgan fingerprint density at radius 2 is 2.00 bits per heavy atom. The first kappa shape index (κ1) is 9.25. The number of alkyl halides is 1. The number of rotatable bonds is 4. The Hall–Kier alpha value is 0.250. The van der Waals surface area contributed by atoms with Gasteiger partial charge < -0.3 is 4.74 Å². The summed E-state index contributed by atoms with van der Waals surface area (Å²) in [6.45, 7) is 6.88. The monoisotopic (exact) mass is 150 g/mol. The molecule has 0 bridgehead atoms. The number of hydrogen-bond acceptors (Lipinski definition) is 1. The highest BCUT2D eigenvalue weighted by molar-refractivity contribution is 6.18. The van der Waals surface area contributed by atoms with E-state index in [-0.39, 0.29) is 5.60 Å². The van der Waals surface area contributed by atoms with Gasteiger partial charge in [0.1, 0.15) is 0 Å². The second-order valence-corrected chi connectivity index (χ2v) is 3.01. The summed E-state index contributed by atoms with van der Waals surface area (Å²) in [7, 11) is 0. The predicted molar refractivity (Wildman–Crippen MR) is 41.0 cm³/mol. The van der Waals surface area contributed by atoms with E-state index in [2.05, 4.69) is 6.92 Å². The quantitative estimate of drug-likeness (QED) is 0.560. The second kappa shape index (κ2) is 4.13. The van der Waals surface area contributed by atoms with E-state index < -0.39 is 0 Å². The molecule has 56 valence electrons. The molecule has 0 radical (unpaired) electrons. The molecule has 2 heteroatoms. The fourth-order valence-corrected chi connectivity index (χ4v) is 0.494. The average molecular weight is 151 g/mol. The molecule has 0 saturated heterocycles. The Kier molecular flexibility index (Phi) is 4.24. The number of ether oxygens (including phenoxy) is 1. The van der Waals surface area contributed by atoms with Crippen molar-refractivity contribution in [2.24, 2.45) is 0 Å². The smallest absolute Gasteiger partial charge is 0.0761 e. The van der Waals surface area contributed by atoms with Gasteiger partial charge in [-0.3, -0.25) is 0 Å². The molecule has 0 fully saturated rings. The zero-order chi connectivity index (χ0) is 7.33. The van der Waals surface area contributed by atoms with Gasteiger partial charge in [0.2, 0.25) is 0 Å². The summed E-state index contributed by atoms with van der Waals surface area (Å²) < 4.78 is 5.40. The van der Waals surface area contributed by atoms with Crippen molar-refractivity contribution in [1.29, 1.82) is 0 Å². The molecule has 0 unspecified atom stereocenters. The fraction of sp³-hybridized carbons (Fsp3) is 1.00. The van der Waals surface area contributed by atoms with Crippen molar-refractivity contribution < 1.29 is 4.74 Å². The fourth-order valence-electron chi connectivity index (χ4n) is 0.417. The van der Waals surface area contributed by atoms with Crippen LogP contribution in [0.5, 0.6) is 0 Å². The summed E-state index contributed by atoms with van der Waals surface area (Å²) in [6.07, 6.45) is 1.06. The SMILES string of the molecule is CCCOC(C)(C)CCl. The van der Waals surface area contributed by atoms with Crippen molar-refractivity contribution in [1.82, 2.24) is 0 Å². The zero-order valence-electron chi connectivity index (χ0n) is 6.41. The number of halogens is 1. The molecular formula is C7H15ClO. The molecule has 0 aromatic carbocycles. The number of hydrogen-bond donors (Lipinski definition) is 0. The summed E-state index contributed by atoms with van der Waals surface area (Å²) in [5.74, 6) is 0.563. The van der Waals surface area contributed by atoms with E-state index in [1.807, 2.05) is 13.8 Å². The van der Waals surface area contributed by atoms with Gasteiger partial charge >= 0.3 is 0 Å². The third-order valence-electron chi connectivity index (χ3n) is 1.02. The van der Waals surface area contributed by atoms with Gasteiger partial charge in [0.05, 0.1) is 11.5 Å². The molecule has 0 aliphatic carbocycles. The van der Waals surface area contributed by atoms with Crippen molar-refractivity contribution in [3.63, 3.8) is 0 Å². The summed E-state index contributed by atoms with van der Waals surface area (Å²) in [5.41, 5.74) is -0.141. The summed E-state index contributed by atoms with van der Waals surface area (Å²) in [6, 6.07) is 0. The highest BCUT2D eigenvalue weighted by Gasteiger charge is 2.14. The van der Waals surface area contributed by atoms with Crippen LogP contribution in [0, 0.1) is 0 Å². The van der Waals surface area contributed by atoms with E-state index in [0.717, 1.165) is 13.0 Å². The highest BCUT2D eigenvalue weighted by atomic mass is 35.5. The average Bonchev–Trinajstić information content (AvgIpc) is 1.84. The van der Waals surface area contributed by atoms with Crippen LogP contribution in [0.25, 0.3) is 0 Å². The second-order valence-electron chi connectivity index (χ2n) is 2.74. The van der Waals surface area contributed by atoms with E-state index in [9.17, 15) is 0 Å². The maximum absolute atomic E-state index is 5.60. The molecule has 0 saturated carbocycles. The first-order chi connectivity index (χ1) is 4.12. The summed E-state index contributed by atoms with van der Waals surface area (Å²) in [5, 5.41) is 0. The lowest BCUT2D eigenvalue weighted by Gasteiger charge is -2.21. The van der Waals surface area contributed by atoms with Gasteiger partial charge in [-0.2, -0.15) is 0 Å². The lowest BCUT2D eigenvalue weighted by Crippen LogP contribution is -2.26. The first-order valence-electron chi connectivity index (χ1n) is 3.32. The van der Waals surface area contributed by atoms with Crippen molar-refractivity contribution in [2.45, 2.75) is 32.8 Å². The van der Waals surface area contributed by atoms with E-state index in [0.29, 0.717) is 5.88 Å². The van der Waals surface area contributed by atoms with Gasteiger partial charge in [-0.15, -0.1) is 11.6 Å². The van der Waals surface area contributed by atoms with Gasteiger partial charge in [-0.05, 0) is 20.3 Å². The van der Waals surface area contributed by atoms with Crippen LogP contribution in [-0.2, 0) is 4.74 Å². The van der Waals surface area contributed by atoms with E-state index in [1.165, 1.54) is 0 Å². The molecule has 0 heterocycles. The molecule has 0 N–H and O–H groups in total. The van der Waals surface area contributed by atoms with Crippen LogP contribution >= 0.6 is 11.6 Å². The minimum Gasteiger partial charge on any atom is -0.374 e. The van der Waals surface area contributed by atoms with Crippen molar-refractivity contribution in [3.8, 4) is 0 Å². The van der Waals surface area contributed by atoms with Crippen LogP contribution in [0.2, 0.25) is 0 Å². The molecule has 0 spiro atoms. The molecule has 0 aliphatic rings. The third-order valence-corrected chi connectivity index (χ3v) is 1.66. The molecule has 0 atom stereocenters. The molecule has 1 nitrogen and oxygen atoms in total. The van der Waals surface area contributed by atoms with Gasteiger partial charge in [0, 0.05) is 6.61 Å². The van der Waals surface area contributed by atoms with E-state index in [4.69, 9.17) is 16.3 Å². The highest BCUT2D eigenvalue weighted by Crippen LogP contribution is 2.10. The minimum absolute atomic E-state index is 0.141. The van der Waals surface area contributed by atoms with Crippen LogP contribution in [0.15, 0.2) is 0 Å². The zero-order valence-corrected chi connectivity index (χ0v) is 7.16. The standard InChI is InChI=1S/C7H15ClO/c1-4-5-9-7(2,3)6-8/h4-6H2,1-3H3. The lowest BCUT2D eigenvalue weighted by atomic mass is 10.2. The Balaban J connectivity index is 3.33. The third kappa shape index (κ3) is 4.73. The van der Waals surface area contributed by atoms with Crippen LogP contribution in [0.4, 0.5) is 0 Å². The van der Waals surface area contributed by atoms with Crippen molar-refractivity contribution in [3.05, 3.63) is 0 Å². The lowest BCUT2D eigenvalue weighted by molar-refractivity contribution is 0.000369. The van der Waals surface area contributed by atoms with Crippen LogP contribution in [0.3, 0.4) is 0 Å². The topological polar surface area (TPSA) is 9.23 Å². The van der Waals surface area contributed by atoms with Gasteiger partial charge in [0.15, 0.2) is 0 Å². The maximum atomic E-state index is 5.60. The Morgan fingerprint density at radius 1 is 1.44 bits per heavy atom. The van der Waals surface area contributed by atoms with Gasteiger partial charge in [0.25, 0.3) is 0 Å². The van der Waals surface area contributed by atoms with Crippen molar-refractivity contribution >= 4 is 11.6 Å². The molecule has 0 amide bonds. The van der Waals surface area contributed by atoms with Crippen LogP contribution < -0.4 is 0 Å². The largest absolute Gasteiger partial charge is 0.374 e. The van der Waals surface area contributed by atoms with E-state index in [1.54, 1.807) is 0 Å².